The number of benzene rings is 1. The van der Waals surface area contributed by atoms with Gasteiger partial charge in [-0.15, -0.1) is 0 Å². The fourth-order valence-electron chi connectivity index (χ4n) is 4.84. The standard InChI is InChI=1S/C23H32N2O4/c1-3-29-23(28)20(13-12-17-8-5-4-6-9-17)24-16(2)22(27)25-19(15-26)14-18-10-7-11-21(18)25/h4-6,8-9,15-16,18-21,24H,3,7,10-14H2,1-2H3/t16-,18-,19-,20-,21-/m0/s1. The van der Waals surface area contributed by atoms with Crippen LogP contribution in [0.1, 0.15) is 51.5 Å². The number of hydrogen-bond donors (Lipinski definition) is 1. The van der Waals surface area contributed by atoms with Crippen LogP contribution in [-0.2, 0) is 25.5 Å². The van der Waals surface area contributed by atoms with Gasteiger partial charge in [0.1, 0.15) is 12.3 Å². The first-order chi connectivity index (χ1) is 14.0. The second-order valence-electron chi connectivity index (χ2n) is 8.16. The predicted molar refractivity (Wildman–Crippen MR) is 110 cm³/mol. The molecule has 1 aromatic rings. The minimum Gasteiger partial charge on any atom is -0.465 e. The fraction of sp³-hybridized carbons (Fsp3) is 0.609. The number of aryl methyl sites for hydroxylation is 1. The van der Waals surface area contributed by atoms with Crippen LogP contribution in [0, 0.1) is 5.92 Å². The highest BCUT2D eigenvalue weighted by molar-refractivity contribution is 5.86. The Bertz CT molecular complexity index is 708. The van der Waals surface area contributed by atoms with Gasteiger partial charge in [0.15, 0.2) is 0 Å². The largest absolute Gasteiger partial charge is 0.465 e. The molecule has 3 rings (SSSR count). The second-order valence-corrected chi connectivity index (χ2v) is 8.16. The number of amides is 1. The molecular formula is C23H32N2O4. The summed E-state index contributed by atoms with van der Waals surface area (Å²) in [5.74, 6) is 0.000905. The average Bonchev–Trinajstić information content (AvgIpc) is 3.32. The second kappa shape index (κ2) is 10.0. The topological polar surface area (TPSA) is 75.7 Å². The van der Waals surface area contributed by atoms with E-state index in [1.807, 2.05) is 30.3 Å². The normalized spacial score (nSPS) is 25.3. The average molecular weight is 401 g/mol. The van der Waals surface area contributed by atoms with Gasteiger partial charge in [0, 0.05) is 6.04 Å². The minimum absolute atomic E-state index is 0.0921. The van der Waals surface area contributed by atoms with Crippen LogP contribution in [0.25, 0.3) is 0 Å². The number of likely N-dealkylation sites (tertiary alicyclic amines) is 1. The van der Waals surface area contributed by atoms with Crippen molar-refractivity contribution in [2.75, 3.05) is 6.61 Å². The van der Waals surface area contributed by atoms with E-state index in [1.165, 1.54) is 0 Å². The monoisotopic (exact) mass is 400 g/mol. The Morgan fingerprint density at radius 2 is 2.03 bits per heavy atom. The van der Waals surface area contributed by atoms with E-state index in [9.17, 15) is 14.4 Å². The highest BCUT2D eigenvalue weighted by Gasteiger charge is 2.46. The Morgan fingerprint density at radius 3 is 2.72 bits per heavy atom. The van der Waals surface area contributed by atoms with Gasteiger partial charge in [-0.25, -0.2) is 0 Å². The third-order valence-corrected chi connectivity index (χ3v) is 6.25. The van der Waals surface area contributed by atoms with Crippen molar-refractivity contribution in [3.8, 4) is 0 Å². The Labute approximate surface area is 173 Å². The highest BCUT2D eigenvalue weighted by atomic mass is 16.5. The fourth-order valence-corrected chi connectivity index (χ4v) is 4.84. The summed E-state index contributed by atoms with van der Waals surface area (Å²) in [5, 5.41) is 3.19. The van der Waals surface area contributed by atoms with Gasteiger partial charge >= 0.3 is 5.97 Å². The molecule has 0 radical (unpaired) electrons. The molecule has 5 atom stereocenters. The summed E-state index contributed by atoms with van der Waals surface area (Å²) in [6, 6.07) is 8.65. The van der Waals surface area contributed by atoms with Crippen molar-refractivity contribution in [3.05, 3.63) is 35.9 Å². The van der Waals surface area contributed by atoms with E-state index in [4.69, 9.17) is 4.74 Å². The number of nitrogens with one attached hydrogen (secondary N) is 1. The van der Waals surface area contributed by atoms with Crippen molar-refractivity contribution >= 4 is 18.2 Å². The van der Waals surface area contributed by atoms with Gasteiger partial charge in [0.25, 0.3) is 0 Å². The number of ether oxygens (including phenoxy) is 1. The van der Waals surface area contributed by atoms with Crippen LogP contribution in [0.4, 0.5) is 0 Å². The van der Waals surface area contributed by atoms with E-state index in [1.54, 1.807) is 18.7 Å². The summed E-state index contributed by atoms with van der Waals surface area (Å²) in [4.78, 5) is 39.0. The van der Waals surface area contributed by atoms with Crippen LogP contribution in [0.5, 0.6) is 0 Å². The van der Waals surface area contributed by atoms with Gasteiger partial charge < -0.3 is 14.4 Å². The molecule has 2 fully saturated rings. The molecule has 1 saturated heterocycles. The highest BCUT2D eigenvalue weighted by Crippen LogP contribution is 2.40. The van der Waals surface area contributed by atoms with Crippen molar-refractivity contribution in [3.63, 3.8) is 0 Å². The molecule has 158 valence electrons. The zero-order chi connectivity index (χ0) is 20.8. The summed E-state index contributed by atoms with van der Waals surface area (Å²) in [6.45, 7) is 3.86. The Balaban J connectivity index is 1.66. The van der Waals surface area contributed by atoms with Crippen LogP contribution in [-0.4, -0.2) is 53.8 Å². The summed E-state index contributed by atoms with van der Waals surface area (Å²) in [6.07, 6.45) is 6.08. The molecule has 0 spiro atoms. The van der Waals surface area contributed by atoms with Crippen LogP contribution >= 0.6 is 0 Å². The van der Waals surface area contributed by atoms with E-state index < -0.39 is 12.1 Å². The molecule has 29 heavy (non-hydrogen) atoms. The lowest BCUT2D eigenvalue weighted by Crippen LogP contribution is -2.54. The van der Waals surface area contributed by atoms with Crippen LogP contribution < -0.4 is 5.32 Å². The van der Waals surface area contributed by atoms with Crippen LogP contribution in [0.2, 0.25) is 0 Å². The number of carbonyl (C=O) groups is 3. The third kappa shape index (κ3) is 5.04. The van der Waals surface area contributed by atoms with E-state index in [-0.39, 0.29) is 24.0 Å². The minimum atomic E-state index is -0.564. The summed E-state index contributed by atoms with van der Waals surface area (Å²) >= 11 is 0. The number of hydrogen-bond acceptors (Lipinski definition) is 5. The van der Waals surface area contributed by atoms with Gasteiger partial charge in [0.2, 0.25) is 5.91 Å². The smallest absolute Gasteiger partial charge is 0.323 e. The molecule has 0 aromatic heterocycles. The quantitative estimate of drug-likeness (QED) is 0.509. The van der Waals surface area contributed by atoms with E-state index in [2.05, 4.69) is 5.32 Å². The van der Waals surface area contributed by atoms with Gasteiger partial charge in [-0.1, -0.05) is 36.8 Å². The summed E-state index contributed by atoms with van der Waals surface area (Å²) in [5.41, 5.74) is 1.14. The van der Waals surface area contributed by atoms with Crippen LogP contribution in [0.15, 0.2) is 30.3 Å². The molecule has 2 aliphatic rings. The molecule has 1 saturated carbocycles. The maximum Gasteiger partial charge on any atom is 0.323 e. The first kappa shape index (κ1) is 21.5. The predicted octanol–water partition coefficient (Wildman–Crippen LogP) is 2.50. The van der Waals surface area contributed by atoms with Gasteiger partial charge in [-0.2, -0.15) is 0 Å². The molecular weight excluding hydrogens is 368 g/mol. The lowest BCUT2D eigenvalue weighted by atomic mass is 10.0. The molecule has 1 heterocycles. The maximum absolute atomic E-state index is 13.2. The Morgan fingerprint density at radius 1 is 1.28 bits per heavy atom. The molecule has 1 aliphatic carbocycles. The van der Waals surface area contributed by atoms with Gasteiger partial charge in [0.05, 0.1) is 18.7 Å². The first-order valence-electron chi connectivity index (χ1n) is 10.8. The summed E-state index contributed by atoms with van der Waals surface area (Å²) in [7, 11) is 0. The number of fused-ring (bicyclic) bond motifs is 1. The number of rotatable bonds is 9. The first-order valence-corrected chi connectivity index (χ1v) is 10.8. The zero-order valence-electron chi connectivity index (χ0n) is 17.4. The third-order valence-electron chi connectivity index (χ3n) is 6.25. The van der Waals surface area contributed by atoms with E-state index in [0.717, 1.165) is 37.5 Å². The molecule has 0 bridgehead atoms. The van der Waals surface area contributed by atoms with E-state index in [0.29, 0.717) is 25.4 Å². The SMILES string of the molecule is CCOC(=O)[C@H](CCc1ccccc1)N[C@@H](C)C(=O)N1[C@H](C=O)C[C@@H]2CCC[C@@H]21. The van der Waals surface area contributed by atoms with Gasteiger partial charge in [-0.05, 0) is 57.4 Å². The molecule has 1 aliphatic heterocycles. The van der Waals surface area contributed by atoms with Gasteiger partial charge in [-0.3, -0.25) is 14.9 Å². The zero-order valence-corrected chi connectivity index (χ0v) is 17.4. The van der Waals surface area contributed by atoms with Crippen molar-refractivity contribution in [1.82, 2.24) is 10.2 Å². The van der Waals surface area contributed by atoms with Crippen molar-refractivity contribution < 1.29 is 19.1 Å². The lowest BCUT2D eigenvalue weighted by Gasteiger charge is -2.31. The maximum atomic E-state index is 13.2. The van der Waals surface area contributed by atoms with Crippen molar-refractivity contribution in [1.29, 1.82) is 0 Å². The number of nitrogens with zero attached hydrogens (tertiary/aromatic N) is 1. The molecule has 0 unspecified atom stereocenters. The van der Waals surface area contributed by atoms with Crippen LogP contribution in [0.3, 0.4) is 0 Å². The molecule has 6 heteroatoms. The molecule has 6 nitrogen and oxygen atoms in total. The Hall–Kier alpha value is -2.21. The summed E-state index contributed by atoms with van der Waals surface area (Å²) < 4.78 is 5.23. The number of carbonyl (C=O) groups excluding carboxylic acids is 3. The molecule has 1 N–H and O–H groups in total. The number of aldehydes is 1. The molecule has 1 amide bonds. The lowest BCUT2D eigenvalue weighted by molar-refractivity contribution is -0.147. The van der Waals surface area contributed by atoms with E-state index >= 15 is 0 Å². The van der Waals surface area contributed by atoms with Crippen molar-refractivity contribution in [2.24, 2.45) is 5.92 Å². The molecule has 1 aromatic carbocycles. The van der Waals surface area contributed by atoms with Crippen molar-refractivity contribution in [2.45, 2.75) is 76.5 Å². The number of esters is 1. The Kier molecular flexibility index (Phi) is 7.42.